The van der Waals surface area contributed by atoms with Crippen molar-refractivity contribution in [2.24, 2.45) is 5.73 Å². The van der Waals surface area contributed by atoms with Gasteiger partial charge in [0, 0.05) is 5.56 Å². The molecule has 1 aromatic heterocycles. The third kappa shape index (κ3) is 5.75. The Morgan fingerprint density at radius 2 is 1.28 bits per heavy atom. The molecule has 0 aliphatic rings. The van der Waals surface area contributed by atoms with Gasteiger partial charge < -0.3 is 5.73 Å². The lowest BCUT2D eigenvalue weighted by Gasteiger charge is -2.18. The van der Waals surface area contributed by atoms with Gasteiger partial charge in [-0.2, -0.15) is 0 Å². The Labute approximate surface area is 277 Å². The van der Waals surface area contributed by atoms with E-state index in [1.54, 1.807) is 0 Å². The summed E-state index contributed by atoms with van der Waals surface area (Å²) in [4.78, 5) is 5.03. The smallest absolute Gasteiger partial charge is 0.0709 e. The maximum atomic E-state index is 5.55. The highest BCUT2D eigenvalue weighted by Gasteiger charge is 2.17. The fraction of sp³-hybridized carbons (Fsp3) is 0.0889. The van der Waals surface area contributed by atoms with Gasteiger partial charge in [0.05, 0.1) is 11.4 Å². The predicted octanol–water partition coefficient (Wildman–Crippen LogP) is 11.9. The average Bonchev–Trinajstić information content (AvgIpc) is 3.12. The van der Waals surface area contributed by atoms with Crippen molar-refractivity contribution in [3.05, 3.63) is 169 Å². The van der Waals surface area contributed by atoms with Crippen LogP contribution in [0.2, 0.25) is 0 Å². The summed E-state index contributed by atoms with van der Waals surface area (Å²) in [6.07, 6.45) is 7.54. The van der Waals surface area contributed by atoms with Gasteiger partial charge in [-0.25, -0.2) is 4.98 Å². The van der Waals surface area contributed by atoms with E-state index < -0.39 is 0 Å². The zero-order valence-corrected chi connectivity index (χ0v) is 27.0. The van der Waals surface area contributed by atoms with Gasteiger partial charge in [0.1, 0.15) is 0 Å². The highest BCUT2D eigenvalue weighted by molar-refractivity contribution is 6.21. The zero-order valence-electron chi connectivity index (χ0n) is 27.0. The minimum absolute atomic E-state index is 0.851. The van der Waals surface area contributed by atoms with Crippen molar-refractivity contribution in [1.29, 1.82) is 0 Å². The van der Waals surface area contributed by atoms with E-state index in [0.717, 1.165) is 40.9 Å². The van der Waals surface area contributed by atoms with Crippen LogP contribution in [0.15, 0.2) is 158 Å². The third-order valence-corrected chi connectivity index (χ3v) is 9.10. The Balaban J connectivity index is 1.40. The van der Waals surface area contributed by atoms with E-state index in [2.05, 4.69) is 135 Å². The summed E-state index contributed by atoms with van der Waals surface area (Å²) >= 11 is 0. The van der Waals surface area contributed by atoms with Gasteiger partial charge in [-0.3, -0.25) is 0 Å². The van der Waals surface area contributed by atoms with Crippen LogP contribution in [0.1, 0.15) is 31.5 Å². The second-order valence-corrected chi connectivity index (χ2v) is 12.2. The summed E-state index contributed by atoms with van der Waals surface area (Å²) in [7, 11) is 0. The van der Waals surface area contributed by atoms with Crippen molar-refractivity contribution in [1.82, 2.24) is 4.98 Å². The zero-order chi connectivity index (χ0) is 32.3. The second-order valence-electron chi connectivity index (χ2n) is 12.2. The van der Waals surface area contributed by atoms with Gasteiger partial charge in [0.25, 0.3) is 0 Å². The number of hydrogen-bond donors (Lipinski definition) is 1. The van der Waals surface area contributed by atoms with E-state index in [9.17, 15) is 0 Å². The monoisotopic (exact) mass is 606 g/mol. The van der Waals surface area contributed by atoms with E-state index in [0.29, 0.717) is 0 Å². The molecule has 0 aliphatic heterocycles. The largest absolute Gasteiger partial charge is 0.405 e. The molecule has 47 heavy (non-hydrogen) atoms. The Hall–Kier alpha value is -5.73. The van der Waals surface area contributed by atoms with Crippen LogP contribution in [-0.2, 0) is 6.42 Å². The van der Waals surface area contributed by atoms with Crippen molar-refractivity contribution in [2.45, 2.75) is 26.7 Å². The molecule has 0 saturated heterocycles. The fourth-order valence-corrected chi connectivity index (χ4v) is 6.75. The molecule has 0 saturated carbocycles. The first-order valence-electron chi connectivity index (χ1n) is 16.3. The molecule has 0 unspecified atom stereocenters. The highest BCUT2D eigenvalue weighted by Crippen LogP contribution is 2.44. The lowest BCUT2D eigenvalue weighted by Crippen LogP contribution is -1.94. The molecule has 2 nitrogen and oxygen atoms in total. The number of nitrogens with zero attached hydrogens (tertiary/aromatic N) is 1. The maximum absolute atomic E-state index is 5.55. The van der Waals surface area contributed by atoms with Crippen LogP contribution in [-0.4, -0.2) is 4.98 Å². The Morgan fingerprint density at radius 3 is 1.94 bits per heavy atom. The molecule has 0 amide bonds. The number of rotatable bonds is 8. The van der Waals surface area contributed by atoms with E-state index in [1.165, 1.54) is 66.3 Å². The first-order chi connectivity index (χ1) is 23.1. The summed E-state index contributed by atoms with van der Waals surface area (Å²) in [5, 5.41) is 7.54. The minimum Gasteiger partial charge on any atom is -0.405 e. The van der Waals surface area contributed by atoms with Crippen molar-refractivity contribution in [2.75, 3.05) is 0 Å². The summed E-state index contributed by atoms with van der Waals surface area (Å²) in [5.41, 5.74) is 16.6. The van der Waals surface area contributed by atoms with Crippen molar-refractivity contribution in [3.63, 3.8) is 0 Å². The first-order valence-corrected chi connectivity index (χ1v) is 16.3. The van der Waals surface area contributed by atoms with Gasteiger partial charge in [-0.1, -0.05) is 129 Å². The molecule has 7 aromatic rings. The number of allylic oxidation sites excluding steroid dienone is 4. The van der Waals surface area contributed by atoms with E-state index in [-0.39, 0.29) is 0 Å². The van der Waals surface area contributed by atoms with Gasteiger partial charge in [0.15, 0.2) is 0 Å². The van der Waals surface area contributed by atoms with Crippen LogP contribution in [0.5, 0.6) is 0 Å². The molecule has 0 bridgehead atoms. The molecule has 2 N–H and O–H groups in total. The molecule has 0 spiro atoms. The number of hydrogen-bond acceptors (Lipinski definition) is 2. The van der Waals surface area contributed by atoms with Crippen molar-refractivity contribution < 1.29 is 0 Å². The van der Waals surface area contributed by atoms with Crippen molar-refractivity contribution in [3.8, 4) is 33.5 Å². The molecule has 0 aliphatic carbocycles. The Kier molecular flexibility index (Phi) is 8.25. The second kappa shape index (κ2) is 12.9. The van der Waals surface area contributed by atoms with Crippen LogP contribution in [0.25, 0.3) is 71.4 Å². The minimum atomic E-state index is 0.851. The Bertz CT molecular complexity index is 2300. The van der Waals surface area contributed by atoms with Crippen LogP contribution in [0, 0.1) is 0 Å². The number of aromatic nitrogens is 1. The Morgan fingerprint density at radius 1 is 0.660 bits per heavy atom. The molecule has 0 fully saturated rings. The molecule has 0 atom stereocenters. The average molecular weight is 607 g/mol. The third-order valence-electron chi connectivity index (χ3n) is 9.10. The lowest BCUT2D eigenvalue weighted by atomic mass is 9.85. The van der Waals surface area contributed by atoms with Crippen molar-refractivity contribution >= 4 is 37.9 Å². The number of fused-ring (bicyclic) bond motifs is 3. The SMILES string of the molecule is C=C(/C(C)=C\C=C/N)c1cccc(-c2cccc(-c3c4ccccc4c(-c4ccc5ccc(CCC)cc5c4)c4ccccc34)c2)n1. The number of pyridine rings is 1. The predicted molar refractivity (Wildman–Crippen MR) is 203 cm³/mol. The highest BCUT2D eigenvalue weighted by atomic mass is 14.7. The molecular weight excluding hydrogens is 569 g/mol. The van der Waals surface area contributed by atoms with Crippen LogP contribution in [0.4, 0.5) is 0 Å². The molecule has 228 valence electrons. The number of aryl methyl sites for hydroxylation is 1. The summed E-state index contributed by atoms with van der Waals surface area (Å²) < 4.78 is 0. The fourth-order valence-electron chi connectivity index (χ4n) is 6.75. The van der Waals surface area contributed by atoms with Crippen LogP contribution >= 0.6 is 0 Å². The molecule has 2 heteroatoms. The van der Waals surface area contributed by atoms with E-state index >= 15 is 0 Å². The standard InChI is InChI=1S/C45H38N2/c1-4-12-32-22-23-33-24-25-36(29-37(33)27-32)45-40-18-7-5-16-38(40)44(39-17-6-8-19-41(39)45)35-15-9-14-34(28-35)43-21-10-20-42(47-43)31(3)30(2)13-11-26-46/h5-11,13-29H,3-4,12,46H2,1-2H3/b26-11-,30-13-. The first kappa shape index (κ1) is 30.0. The van der Waals surface area contributed by atoms with Gasteiger partial charge in [-0.15, -0.1) is 0 Å². The molecule has 1 heterocycles. The topological polar surface area (TPSA) is 38.9 Å². The lowest BCUT2D eigenvalue weighted by molar-refractivity contribution is 0.924. The van der Waals surface area contributed by atoms with Crippen LogP contribution < -0.4 is 5.73 Å². The summed E-state index contributed by atoms with van der Waals surface area (Å²) in [6, 6.07) is 46.4. The maximum Gasteiger partial charge on any atom is 0.0709 e. The van der Waals surface area contributed by atoms with Crippen LogP contribution in [0.3, 0.4) is 0 Å². The quantitative estimate of drug-likeness (QED) is 0.138. The summed E-state index contributed by atoms with van der Waals surface area (Å²) in [6.45, 7) is 8.57. The van der Waals surface area contributed by atoms with Gasteiger partial charge in [-0.05, 0) is 121 Å². The summed E-state index contributed by atoms with van der Waals surface area (Å²) in [5.74, 6) is 0. The normalized spacial score (nSPS) is 12.0. The molecule has 0 radical (unpaired) electrons. The molecular formula is C45H38N2. The number of nitrogens with two attached hydrogens (primary N) is 1. The molecule has 6 aromatic carbocycles. The van der Waals surface area contributed by atoms with Gasteiger partial charge in [0.2, 0.25) is 0 Å². The van der Waals surface area contributed by atoms with E-state index in [1.807, 2.05) is 25.1 Å². The molecule has 7 rings (SSSR count). The van der Waals surface area contributed by atoms with E-state index in [4.69, 9.17) is 10.7 Å². The number of benzene rings is 6. The van der Waals surface area contributed by atoms with Gasteiger partial charge >= 0.3 is 0 Å².